The van der Waals surface area contributed by atoms with E-state index in [1.54, 1.807) is 19.2 Å². The number of esters is 1. The lowest BCUT2D eigenvalue weighted by Gasteiger charge is -2.26. The maximum absolute atomic E-state index is 14.5. The monoisotopic (exact) mass is 584 g/mol. The molecule has 4 aromatic carbocycles. The molecule has 0 aliphatic carbocycles. The van der Waals surface area contributed by atoms with Gasteiger partial charge in [0.05, 0.1) is 37.6 Å². The molecule has 5 rings (SSSR count). The molecule has 0 aromatic heterocycles. The summed E-state index contributed by atoms with van der Waals surface area (Å²) in [5, 5.41) is 7.59. The number of aryl methyl sites for hydroxylation is 1. The maximum atomic E-state index is 14.5. The fourth-order valence-electron chi connectivity index (χ4n) is 5.42. The second-order valence-corrected chi connectivity index (χ2v) is 11.0. The number of hydrogen-bond acceptors (Lipinski definition) is 5. The number of ether oxygens (including phenoxy) is 2. The summed E-state index contributed by atoms with van der Waals surface area (Å²) in [6, 6.07) is 26.5. The third-order valence-electron chi connectivity index (χ3n) is 7.78. The number of benzene rings is 4. The second kappa shape index (κ2) is 12.8. The van der Waals surface area contributed by atoms with Crippen LogP contribution in [0.1, 0.15) is 42.5 Å². The Morgan fingerprint density at radius 2 is 1.69 bits per heavy atom. The Morgan fingerprint density at radius 1 is 0.976 bits per heavy atom. The van der Waals surface area contributed by atoms with Gasteiger partial charge in [-0.25, -0.2) is 4.39 Å². The summed E-state index contributed by atoms with van der Waals surface area (Å²) in [7, 11) is 1.58. The van der Waals surface area contributed by atoms with Gasteiger partial charge in [-0.1, -0.05) is 61.0 Å². The Morgan fingerprint density at radius 3 is 2.36 bits per heavy atom. The van der Waals surface area contributed by atoms with Crippen LogP contribution in [0.5, 0.6) is 5.75 Å². The number of hydrazone groups is 1. The van der Waals surface area contributed by atoms with Gasteiger partial charge in [-0.3, -0.25) is 9.80 Å². The molecular weight excluding hydrogens is 551 g/mol. The van der Waals surface area contributed by atoms with Gasteiger partial charge in [0.1, 0.15) is 11.6 Å². The van der Waals surface area contributed by atoms with Crippen LogP contribution in [0.4, 0.5) is 10.1 Å². The van der Waals surface area contributed by atoms with Crippen molar-refractivity contribution >= 4 is 29.0 Å². The summed E-state index contributed by atoms with van der Waals surface area (Å²) >= 11 is 6.12. The van der Waals surface area contributed by atoms with Crippen molar-refractivity contribution in [3.63, 3.8) is 0 Å². The highest BCUT2D eigenvalue weighted by molar-refractivity contribution is 6.30. The molecule has 216 valence electrons. The number of carbonyl (C=O) groups is 1. The molecule has 0 unspecified atom stereocenters. The van der Waals surface area contributed by atoms with Crippen molar-refractivity contribution in [3.8, 4) is 16.9 Å². The van der Waals surface area contributed by atoms with E-state index in [2.05, 4.69) is 25.1 Å². The summed E-state index contributed by atoms with van der Waals surface area (Å²) in [6.45, 7) is 6.29. The van der Waals surface area contributed by atoms with Crippen LogP contribution >= 0.6 is 11.6 Å². The van der Waals surface area contributed by atoms with E-state index in [1.165, 1.54) is 6.07 Å². The van der Waals surface area contributed by atoms with E-state index in [-0.39, 0.29) is 30.2 Å². The zero-order valence-corrected chi connectivity index (χ0v) is 25.0. The molecule has 0 radical (unpaired) electrons. The van der Waals surface area contributed by atoms with Crippen molar-refractivity contribution < 1.29 is 18.7 Å². The molecule has 5 nitrogen and oxygen atoms in total. The minimum absolute atomic E-state index is 0.00541. The van der Waals surface area contributed by atoms with E-state index in [0.29, 0.717) is 22.9 Å². The Bertz CT molecular complexity index is 1600. The topological polar surface area (TPSA) is 51.1 Å². The van der Waals surface area contributed by atoms with E-state index in [4.69, 9.17) is 26.2 Å². The van der Waals surface area contributed by atoms with Gasteiger partial charge in [0.15, 0.2) is 0 Å². The van der Waals surface area contributed by atoms with Gasteiger partial charge in [0.25, 0.3) is 0 Å². The van der Waals surface area contributed by atoms with Crippen LogP contribution in [0.15, 0.2) is 90.0 Å². The number of anilines is 1. The van der Waals surface area contributed by atoms with E-state index in [0.717, 1.165) is 45.6 Å². The zero-order chi connectivity index (χ0) is 29.8. The van der Waals surface area contributed by atoms with Crippen LogP contribution in [0.25, 0.3) is 11.1 Å². The SMILES string of the molecule is CCOC(=O)C[C@H]1[C@H](C)C(c2ccc(Cl)cc2)=NN1c1ccc(Cc2ccc(-c3cc(OC)ccc3F)cc2C)cc1. The normalized spacial score (nSPS) is 16.3. The van der Waals surface area contributed by atoms with Gasteiger partial charge in [0.2, 0.25) is 0 Å². The molecule has 0 spiro atoms. The predicted octanol–water partition coefficient (Wildman–Crippen LogP) is 8.24. The molecule has 0 amide bonds. The maximum Gasteiger partial charge on any atom is 0.307 e. The van der Waals surface area contributed by atoms with Gasteiger partial charge >= 0.3 is 5.97 Å². The Balaban J connectivity index is 1.38. The standard InChI is InChI=1S/C35H34ClFN2O3/c1-5-42-34(40)21-33-23(3)35(25-10-12-28(36)13-11-25)38-39(33)29-14-6-24(7-15-29)19-26-8-9-27(18-22(26)2)31-20-30(41-4)16-17-32(31)37/h6-18,20,23,33H,5,19,21H2,1-4H3/t23-,33-/m0/s1. The average molecular weight is 585 g/mol. The smallest absolute Gasteiger partial charge is 0.307 e. The summed E-state index contributed by atoms with van der Waals surface area (Å²) in [6.07, 6.45) is 0.964. The van der Waals surface area contributed by atoms with Gasteiger partial charge in [-0.05, 0) is 90.6 Å². The molecule has 1 aliphatic rings. The number of hydrogen-bond donors (Lipinski definition) is 0. The molecule has 2 atom stereocenters. The quantitative estimate of drug-likeness (QED) is 0.186. The summed E-state index contributed by atoms with van der Waals surface area (Å²) in [4.78, 5) is 12.5. The van der Waals surface area contributed by atoms with Crippen LogP contribution in [0.3, 0.4) is 0 Å². The molecule has 0 N–H and O–H groups in total. The van der Waals surface area contributed by atoms with Crippen LogP contribution in [0, 0.1) is 18.7 Å². The lowest BCUT2D eigenvalue weighted by Crippen LogP contribution is -2.35. The van der Waals surface area contributed by atoms with Crippen molar-refractivity contribution in [2.24, 2.45) is 11.0 Å². The van der Waals surface area contributed by atoms with Crippen molar-refractivity contribution in [2.45, 2.75) is 39.7 Å². The first-order valence-corrected chi connectivity index (χ1v) is 14.5. The first kappa shape index (κ1) is 29.3. The Labute approximate surface area is 251 Å². The van der Waals surface area contributed by atoms with E-state index >= 15 is 0 Å². The highest BCUT2D eigenvalue weighted by Crippen LogP contribution is 2.34. The molecule has 0 saturated carbocycles. The van der Waals surface area contributed by atoms with Crippen LogP contribution in [-0.4, -0.2) is 31.4 Å². The van der Waals surface area contributed by atoms with Crippen molar-refractivity contribution in [1.82, 2.24) is 0 Å². The van der Waals surface area contributed by atoms with Gasteiger partial charge in [0, 0.05) is 16.5 Å². The van der Waals surface area contributed by atoms with E-state index < -0.39 is 0 Å². The number of nitrogens with zero attached hydrogens (tertiary/aromatic N) is 2. The Kier molecular flexibility index (Phi) is 8.93. The van der Waals surface area contributed by atoms with Crippen LogP contribution in [-0.2, 0) is 16.0 Å². The van der Waals surface area contributed by atoms with Crippen molar-refractivity contribution in [3.05, 3.63) is 118 Å². The second-order valence-electron chi connectivity index (χ2n) is 10.5. The molecule has 7 heteroatoms. The number of methoxy groups -OCH3 is 1. The molecule has 42 heavy (non-hydrogen) atoms. The average Bonchev–Trinajstić information content (AvgIpc) is 3.30. The number of carbonyl (C=O) groups excluding carboxylic acids is 1. The molecule has 0 bridgehead atoms. The molecule has 1 heterocycles. The first-order chi connectivity index (χ1) is 20.3. The van der Waals surface area contributed by atoms with Crippen LogP contribution in [0.2, 0.25) is 5.02 Å². The minimum Gasteiger partial charge on any atom is -0.497 e. The van der Waals surface area contributed by atoms with Gasteiger partial charge in [-0.15, -0.1) is 0 Å². The number of rotatable bonds is 9. The fourth-order valence-corrected chi connectivity index (χ4v) is 5.55. The lowest BCUT2D eigenvalue weighted by molar-refractivity contribution is -0.143. The highest BCUT2D eigenvalue weighted by Gasteiger charge is 2.37. The number of halogens is 2. The summed E-state index contributed by atoms with van der Waals surface area (Å²) < 4.78 is 25.1. The van der Waals surface area contributed by atoms with E-state index in [9.17, 15) is 9.18 Å². The predicted molar refractivity (Wildman–Crippen MR) is 167 cm³/mol. The molecule has 0 fully saturated rings. The Hall–Kier alpha value is -4.16. The fraction of sp³-hybridized carbons (Fsp3) is 0.257. The molecule has 1 aliphatic heterocycles. The van der Waals surface area contributed by atoms with E-state index in [1.807, 2.05) is 67.4 Å². The zero-order valence-electron chi connectivity index (χ0n) is 24.2. The summed E-state index contributed by atoms with van der Waals surface area (Å²) in [5.74, 6) is 0.106. The highest BCUT2D eigenvalue weighted by atomic mass is 35.5. The van der Waals surface area contributed by atoms with Gasteiger partial charge in [-0.2, -0.15) is 5.10 Å². The lowest BCUT2D eigenvalue weighted by atomic mass is 9.91. The third-order valence-corrected chi connectivity index (χ3v) is 8.03. The molecule has 0 saturated heterocycles. The molecule has 4 aromatic rings. The first-order valence-electron chi connectivity index (χ1n) is 14.1. The summed E-state index contributed by atoms with van der Waals surface area (Å²) in [5.41, 5.74) is 7.51. The van der Waals surface area contributed by atoms with Crippen molar-refractivity contribution in [2.75, 3.05) is 18.7 Å². The van der Waals surface area contributed by atoms with Crippen molar-refractivity contribution in [1.29, 1.82) is 0 Å². The van der Waals surface area contributed by atoms with Crippen LogP contribution < -0.4 is 9.75 Å². The largest absolute Gasteiger partial charge is 0.497 e. The third kappa shape index (κ3) is 6.34. The van der Waals surface area contributed by atoms with Gasteiger partial charge < -0.3 is 9.47 Å². The minimum atomic E-state index is -0.280. The molecular formula is C35H34ClFN2O3.